The highest BCUT2D eigenvalue weighted by atomic mass is 16.5. The SMILES string of the molecule is COc1ccc(CN2CCN(CCOCCO)CC2)cc1C. The Balaban J connectivity index is 1.72. The summed E-state index contributed by atoms with van der Waals surface area (Å²) in [6.07, 6.45) is 0. The van der Waals surface area contributed by atoms with Crippen LogP contribution in [0.5, 0.6) is 5.75 Å². The Morgan fingerprint density at radius 3 is 2.45 bits per heavy atom. The lowest BCUT2D eigenvalue weighted by Gasteiger charge is -2.34. The van der Waals surface area contributed by atoms with Gasteiger partial charge in [0.2, 0.25) is 0 Å². The van der Waals surface area contributed by atoms with Gasteiger partial charge in [-0.3, -0.25) is 9.80 Å². The molecule has 0 atom stereocenters. The number of methoxy groups -OCH3 is 1. The number of nitrogens with zero attached hydrogens (tertiary/aromatic N) is 2. The maximum Gasteiger partial charge on any atom is 0.121 e. The molecule has 0 bridgehead atoms. The lowest BCUT2D eigenvalue weighted by molar-refractivity contribution is 0.0564. The summed E-state index contributed by atoms with van der Waals surface area (Å²) in [6, 6.07) is 6.42. The van der Waals surface area contributed by atoms with Crippen molar-refractivity contribution in [2.45, 2.75) is 13.5 Å². The highest BCUT2D eigenvalue weighted by Gasteiger charge is 2.16. The molecule has 5 heteroatoms. The number of rotatable bonds is 8. The minimum atomic E-state index is 0.106. The van der Waals surface area contributed by atoms with Crippen LogP contribution in [-0.4, -0.2) is 74.6 Å². The lowest BCUT2D eigenvalue weighted by atomic mass is 10.1. The fraction of sp³-hybridized carbons (Fsp3) is 0.647. The largest absolute Gasteiger partial charge is 0.496 e. The van der Waals surface area contributed by atoms with Crippen LogP contribution in [0.15, 0.2) is 18.2 Å². The van der Waals surface area contributed by atoms with Crippen LogP contribution in [0.25, 0.3) is 0 Å². The summed E-state index contributed by atoms with van der Waals surface area (Å²) in [4.78, 5) is 4.92. The van der Waals surface area contributed by atoms with Crippen molar-refractivity contribution in [3.05, 3.63) is 29.3 Å². The molecule has 1 fully saturated rings. The predicted octanol–water partition coefficient (Wildman–Crippen LogP) is 1.13. The third kappa shape index (κ3) is 5.25. The maximum absolute atomic E-state index is 8.68. The van der Waals surface area contributed by atoms with Crippen molar-refractivity contribution in [3.8, 4) is 5.75 Å². The smallest absolute Gasteiger partial charge is 0.121 e. The molecule has 0 saturated carbocycles. The Morgan fingerprint density at radius 1 is 1.09 bits per heavy atom. The number of aliphatic hydroxyl groups is 1. The number of aryl methyl sites for hydroxylation is 1. The van der Waals surface area contributed by atoms with Gasteiger partial charge in [0.05, 0.1) is 26.9 Å². The van der Waals surface area contributed by atoms with Crippen molar-refractivity contribution in [3.63, 3.8) is 0 Å². The second-order valence-corrected chi connectivity index (χ2v) is 5.76. The van der Waals surface area contributed by atoms with Gasteiger partial charge in [-0.1, -0.05) is 12.1 Å². The average molecular weight is 308 g/mol. The van der Waals surface area contributed by atoms with Gasteiger partial charge in [0.15, 0.2) is 0 Å². The van der Waals surface area contributed by atoms with Gasteiger partial charge in [0.1, 0.15) is 5.75 Å². The van der Waals surface area contributed by atoms with Gasteiger partial charge in [0, 0.05) is 39.3 Å². The topological polar surface area (TPSA) is 45.2 Å². The molecule has 1 aliphatic rings. The van der Waals surface area contributed by atoms with Crippen molar-refractivity contribution in [1.82, 2.24) is 9.80 Å². The number of benzene rings is 1. The summed E-state index contributed by atoms with van der Waals surface area (Å²) in [6.45, 7) is 9.64. The number of hydrogen-bond donors (Lipinski definition) is 1. The van der Waals surface area contributed by atoms with Crippen LogP contribution in [0.4, 0.5) is 0 Å². The quantitative estimate of drug-likeness (QED) is 0.730. The van der Waals surface area contributed by atoms with Gasteiger partial charge >= 0.3 is 0 Å². The summed E-state index contributed by atoms with van der Waals surface area (Å²) in [5, 5.41) is 8.68. The highest BCUT2D eigenvalue weighted by Crippen LogP contribution is 2.19. The van der Waals surface area contributed by atoms with Crippen LogP contribution >= 0.6 is 0 Å². The molecule has 1 heterocycles. The van der Waals surface area contributed by atoms with Gasteiger partial charge in [-0.2, -0.15) is 0 Å². The predicted molar refractivity (Wildman–Crippen MR) is 87.4 cm³/mol. The molecule has 1 aromatic rings. The van der Waals surface area contributed by atoms with E-state index in [2.05, 4.69) is 34.9 Å². The van der Waals surface area contributed by atoms with Gasteiger partial charge < -0.3 is 14.6 Å². The van der Waals surface area contributed by atoms with Gasteiger partial charge in [-0.25, -0.2) is 0 Å². The normalized spacial score (nSPS) is 16.9. The molecule has 0 aliphatic carbocycles. The van der Waals surface area contributed by atoms with Gasteiger partial charge in [0.25, 0.3) is 0 Å². The molecular formula is C17H28N2O3. The van der Waals surface area contributed by atoms with Crippen molar-refractivity contribution < 1.29 is 14.6 Å². The van der Waals surface area contributed by atoms with Crippen molar-refractivity contribution in [1.29, 1.82) is 0 Å². The summed E-state index contributed by atoms with van der Waals surface area (Å²) in [5.41, 5.74) is 2.54. The molecule has 5 nitrogen and oxygen atoms in total. The third-order valence-corrected chi connectivity index (χ3v) is 4.12. The van der Waals surface area contributed by atoms with Gasteiger partial charge in [-0.05, 0) is 24.1 Å². The molecule has 0 unspecified atom stereocenters. The van der Waals surface area contributed by atoms with Crippen LogP contribution in [0.2, 0.25) is 0 Å². The van der Waals surface area contributed by atoms with E-state index in [-0.39, 0.29) is 6.61 Å². The third-order valence-electron chi connectivity index (χ3n) is 4.12. The summed E-state index contributed by atoms with van der Waals surface area (Å²) in [5.74, 6) is 0.955. The van der Waals surface area contributed by atoms with Crippen molar-refractivity contribution in [2.24, 2.45) is 0 Å². The zero-order valence-corrected chi connectivity index (χ0v) is 13.8. The summed E-state index contributed by atoms with van der Waals surface area (Å²) >= 11 is 0. The first-order valence-corrected chi connectivity index (χ1v) is 7.99. The molecule has 124 valence electrons. The second-order valence-electron chi connectivity index (χ2n) is 5.76. The summed E-state index contributed by atoms with van der Waals surface area (Å²) in [7, 11) is 1.71. The zero-order valence-electron chi connectivity index (χ0n) is 13.8. The zero-order chi connectivity index (χ0) is 15.8. The van der Waals surface area contributed by atoms with E-state index in [0.29, 0.717) is 13.2 Å². The Labute approximate surface area is 133 Å². The van der Waals surface area contributed by atoms with Gasteiger partial charge in [-0.15, -0.1) is 0 Å². The Hall–Kier alpha value is -1.14. The summed E-state index contributed by atoms with van der Waals surface area (Å²) < 4.78 is 10.6. The van der Waals surface area contributed by atoms with E-state index < -0.39 is 0 Å². The molecule has 0 aromatic heterocycles. The molecule has 1 saturated heterocycles. The van der Waals surface area contributed by atoms with E-state index in [1.165, 1.54) is 11.1 Å². The Kier molecular flexibility index (Phi) is 7.12. The van der Waals surface area contributed by atoms with Crippen LogP contribution in [-0.2, 0) is 11.3 Å². The first-order chi connectivity index (χ1) is 10.7. The molecular weight excluding hydrogens is 280 g/mol. The number of hydrogen-bond acceptors (Lipinski definition) is 5. The van der Waals surface area contributed by atoms with Crippen molar-refractivity contribution in [2.75, 3.05) is 59.7 Å². The molecule has 22 heavy (non-hydrogen) atoms. The van der Waals surface area contributed by atoms with E-state index in [1.54, 1.807) is 7.11 Å². The Morgan fingerprint density at radius 2 is 1.82 bits per heavy atom. The number of ether oxygens (including phenoxy) is 2. The van der Waals surface area contributed by atoms with Crippen LogP contribution in [0, 0.1) is 6.92 Å². The average Bonchev–Trinajstić information content (AvgIpc) is 2.53. The number of piperazine rings is 1. The molecule has 1 aliphatic heterocycles. The monoisotopic (exact) mass is 308 g/mol. The van der Waals surface area contributed by atoms with E-state index in [0.717, 1.165) is 45.0 Å². The standard InChI is InChI=1S/C17H28N2O3/c1-15-13-16(3-4-17(15)21-2)14-19-7-5-18(6-8-19)9-11-22-12-10-20/h3-4,13,20H,5-12,14H2,1-2H3. The minimum Gasteiger partial charge on any atom is -0.496 e. The maximum atomic E-state index is 8.68. The molecule has 1 aromatic carbocycles. The van der Waals surface area contributed by atoms with Crippen LogP contribution in [0.3, 0.4) is 0 Å². The highest BCUT2D eigenvalue weighted by molar-refractivity contribution is 5.36. The lowest BCUT2D eigenvalue weighted by Crippen LogP contribution is -2.46. The van der Waals surface area contributed by atoms with E-state index in [1.807, 2.05) is 0 Å². The molecule has 0 radical (unpaired) electrons. The molecule has 1 N–H and O–H groups in total. The van der Waals surface area contributed by atoms with Crippen LogP contribution in [0.1, 0.15) is 11.1 Å². The van der Waals surface area contributed by atoms with E-state index in [9.17, 15) is 0 Å². The molecule has 0 amide bonds. The Bertz CT molecular complexity index is 446. The molecule has 2 rings (SSSR count). The first-order valence-electron chi connectivity index (χ1n) is 7.99. The second kappa shape index (κ2) is 9.10. The fourth-order valence-corrected chi connectivity index (χ4v) is 2.83. The minimum absolute atomic E-state index is 0.106. The fourth-order valence-electron chi connectivity index (χ4n) is 2.83. The first kappa shape index (κ1) is 17.2. The van der Waals surface area contributed by atoms with Crippen LogP contribution < -0.4 is 4.74 Å². The van der Waals surface area contributed by atoms with E-state index >= 15 is 0 Å². The molecule has 0 spiro atoms. The van der Waals surface area contributed by atoms with E-state index in [4.69, 9.17) is 14.6 Å². The van der Waals surface area contributed by atoms with Crippen molar-refractivity contribution >= 4 is 0 Å². The number of aliphatic hydroxyl groups excluding tert-OH is 1.